The first kappa shape index (κ1) is 18.9. The fourth-order valence-electron chi connectivity index (χ4n) is 3.09. The maximum atomic E-state index is 14.2. The Balaban J connectivity index is 1.48. The van der Waals surface area contributed by atoms with Crippen molar-refractivity contribution in [3.63, 3.8) is 0 Å². The van der Waals surface area contributed by atoms with Gasteiger partial charge in [0.05, 0.1) is 11.4 Å². The zero-order chi connectivity index (χ0) is 19.5. The third kappa shape index (κ3) is 3.77. The maximum absolute atomic E-state index is 14.2. The van der Waals surface area contributed by atoms with Gasteiger partial charge in [-0.25, -0.2) is 4.39 Å². The fourth-order valence-corrected chi connectivity index (χ4v) is 5.16. The van der Waals surface area contributed by atoms with Gasteiger partial charge in [-0.2, -0.15) is 4.68 Å². The number of carbonyl (C=O) groups excluding carboxylic acids is 1. The lowest BCUT2D eigenvalue weighted by molar-refractivity contribution is -0.128. The molecule has 0 spiro atoms. The molecular weight excluding hydrogens is 397 g/mol. The normalized spacial score (nSPS) is 16.5. The quantitative estimate of drug-likeness (QED) is 0.595. The first-order chi connectivity index (χ1) is 13.6. The number of tetrazole rings is 1. The minimum Gasteiger partial charge on any atom is -0.325 e. The highest BCUT2D eigenvalue weighted by molar-refractivity contribution is 8.00. The van der Waals surface area contributed by atoms with Crippen LogP contribution in [0.15, 0.2) is 53.7 Å². The van der Waals surface area contributed by atoms with Crippen LogP contribution in [0.5, 0.6) is 0 Å². The molecule has 0 N–H and O–H groups in total. The average Bonchev–Trinajstić information content (AvgIpc) is 3.36. The monoisotopic (exact) mass is 415 g/mol. The van der Waals surface area contributed by atoms with Gasteiger partial charge in [-0.05, 0) is 35.0 Å². The predicted molar refractivity (Wildman–Crippen MR) is 108 cm³/mol. The molecule has 0 bridgehead atoms. The second-order valence-electron chi connectivity index (χ2n) is 6.28. The lowest BCUT2D eigenvalue weighted by Gasteiger charge is -2.24. The lowest BCUT2D eigenvalue weighted by Crippen LogP contribution is -2.32. The van der Waals surface area contributed by atoms with Crippen LogP contribution >= 0.6 is 23.5 Å². The summed E-state index contributed by atoms with van der Waals surface area (Å²) >= 11 is 2.87. The molecule has 3 aromatic rings. The summed E-state index contributed by atoms with van der Waals surface area (Å²) in [4.78, 5) is 14.6. The van der Waals surface area contributed by atoms with Crippen LogP contribution in [0.3, 0.4) is 0 Å². The van der Waals surface area contributed by atoms with E-state index in [-0.39, 0.29) is 22.9 Å². The van der Waals surface area contributed by atoms with Gasteiger partial charge in [0.1, 0.15) is 11.2 Å². The summed E-state index contributed by atoms with van der Waals surface area (Å²) in [5.74, 6) is 0.645. The van der Waals surface area contributed by atoms with Crippen LogP contribution < -0.4 is 0 Å². The standard InChI is InChI=1S/C19H18FN5OS2/c1-13-6-2-5-9-16(13)25-19(21-22-23-25)28-12-17(26)24-10-11-27-18(24)14-7-3-4-8-15(14)20/h2-9,18H,10-12H2,1H3. The molecule has 144 valence electrons. The van der Waals surface area contributed by atoms with Gasteiger partial charge in [0.25, 0.3) is 0 Å². The number of hydrogen-bond donors (Lipinski definition) is 0. The van der Waals surface area contributed by atoms with E-state index in [9.17, 15) is 9.18 Å². The summed E-state index contributed by atoms with van der Waals surface area (Å²) in [5, 5.41) is 12.1. The second kappa shape index (κ2) is 8.32. The van der Waals surface area contributed by atoms with Crippen molar-refractivity contribution >= 4 is 29.4 Å². The average molecular weight is 416 g/mol. The van der Waals surface area contributed by atoms with Crippen molar-refractivity contribution in [3.05, 3.63) is 65.5 Å². The molecule has 1 amide bonds. The van der Waals surface area contributed by atoms with Gasteiger partial charge >= 0.3 is 0 Å². The second-order valence-corrected chi connectivity index (χ2v) is 8.41. The molecule has 1 fully saturated rings. The Bertz CT molecular complexity index is 996. The van der Waals surface area contributed by atoms with Crippen LogP contribution in [0.2, 0.25) is 0 Å². The van der Waals surface area contributed by atoms with E-state index in [1.807, 2.05) is 31.2 Å². The van der Waals surface area contributed by atoms with Crippen molar-refractivity contribution in [1.29, 1.82) is 0 Å². The number of nitrogens with zero attached hydrogens (tertiary/aromatic N) is 5. The van der Waals surface area contributed by atoms with Crippen LogP contribution in [0.1, 0.15) is 16.5 Å². The molecule has 0 aliphatic carbocycles. The molecule has 0 saturated carbocycles. The Morgan fingerprint density at radius 3 is 2.86 bits per heavy atom. The highest BCUT2D eigenvalue weighted by atomic mass is 32.2. The van der Waals surface area contributed by atoms with Crippen LogP contribution in [0.25, 0.3) is 5.69 Å². The van der Waals surface area contributed by atoms with Gasteiger partial charge in [-0.3, -0.25) is 4.79 Å². The van der Waals surface area contributed by atoms with Crippen molar-refractivity contribution in [2.45, 2.75) is 17.5 Å². The molecule has 2 aromatic carbocycles. The topological polar surface area (TPSA) is 63.9 Å². The number of thioether (sulfide) groups is 2. The molecule has 28 heavy (non-hydrogen) atoms. The van der Waals surface area contributed by atoms with Gasteiger partial charge in [0, 0.05) is 17.9 Å². The number of aromatic nitrogens is 4. The Morgan fingerprint density at radius 2 is 2.04 bits per heavy atom. The van der Waals surface area contributed by atoms with Crippen LogP contribution in [0, 0.1) is 12.7 Å². The SMILES string of the molecule is Cc1ccccc1-n1nnnc1SCC(=O)N1CCSC1c1ccccc1F. The maximum Gasteiger partial charge on any atom is 0.234 e. The van der Waals surface area contributed by atoms with Crippen molar-refractivity contribution in [1.82, 2.24) is 25.1 Å². The van der Waals surface area contributed by atoms with Crippen molar-refractivity contribution < 1.29 is 9.18 Å². The van der Waals surface area contributed by atoms with E-state index in [0.717, 1.165) is 17.0 Å². The molecule has 1 atom stereocenters. The summed E-state index contributed by atoms with van der Waals surface area (Å²) in [5.41, 5.74) is 2.47. The van der Waals surface area contributed by atoms with Gasteiger partial charge in [0.2, 0.25) is 11.1 Å². The molecular formula is C19H18FN5OS2. The van der Waals surface area contributed by atoms with E-state index in [2.05, 4.69) is 15.5 Å². The number of para-hydroxylation sites is 1. The molecule has 1 aliphatic heterocycles. The Hall–Kier alpha value is -2.39. The fraction of sp³-hybridized carbons (Fsp3) is 0.263. The van der Waals surface area contributed by atoms with Crippen molar-refractivity contribution in [2.24, 2.45) is 0 Å². The minimum absolute atomic E-state index is 0.0532. The molecule has 0 radical (unpaired) electrons. The zero-order valence-electron chi connectivity index (χ0n) is 15.2. The number of amides is 1. The molecule has 1 unspecified atom stereocenters. The van der Waals surface area contributed by atoms with Crippen LogP contribution in [0.4, 0.5) is 4.39 Å². The Kier molecular flexibility index (Phi) is 5.63. The number of carbonyl (C=O) groups is 1. The Morgan fingerprint density at radius 1 is 1.25 bits per heavy atom. The molecule has 1 saturated heterocycles. The van der Waals surface area contributed by atoms with E-state index >= 15 is 0 Å². The van der Waals surface area contributed by atoms with Crippen LogP contribution in [-0.4, -0.2) is 49.1 Å². The number of benzene rings is 2. The zero-order valence-corrected chi connectivity index (χ0v) is 16.8. The van der Waals surface area contributed by atoms with Gasteiger partial charge in [-0.15, -0.1) is 16.9 Å². The minimum atomic E-state index is -0.290. The number of rotatable bonds is 5. The smallest absolute Gasteiger partial charge is 0.234 e. The number of aryl methyl sites for hydroxylation is 1. The molecule has 9 heteroatoms. The highest BCUT2D eigenvalue weighted by Gasteiger charge is 2.32. The van der Waals surface area contributed by atoms with E-state index < -0.39 is 0 Å². The molecule has 1 aromatic heterocycles. The highest BCUT2D eigenvalue weighted by Crippen LogP contribution is 2.39. The van der Waals surface area contributed by atoms with E-state index in [4.69, 9.17) is 0 Å². The number of halogens is 1. The molecule has 2 heterocycles. The third-order valence-corrected chi connectivity index (χ3v) is 6.64. The van der Waals surface area contributed by atoms with E-state index in [0.29, 0.717) is 17.3 Å². The predicted octanol–water partition coefficient (Wildman–Crippen LogP) is 3.48. The molecule has 1 aliphatic rings. The van der Waals surface area contributed by atoms with Crippen molar-refractivity contribution in [3.8, 4) is 5.69 Å². The first-order valence-corrected chi connectivity index (χ1v) is 10.8. The lowest BCUT2D eigenvalue weighted by atomic mass is 10.2. The van der Waals surface area contributed by atoms with Crippen molar-refractivity contribution in [2.75, 3.05) is 18.1 Å². The van der Waals surface area contributed by atoms with E-state index in [1.165, 1.54) is 17.8 Å². The first-order valence-electron chi connectivity index (χ1n) is 8.78. The summed E-state index contributed by atoms with van der Waals surface area (Å²) in [7, 11) is 0. The van der Waals surface area contributed by atoms with Gasteiger partial charge < -0.3 is 4.90 Å². The summed E-state index contributed by atoms with van der Waals surface area (Å²) in [6, 6.07) is 14.4. The molecule has 6 nitrogen and oxygen atoms in total. The summed E-state index contributed by atoms with van der Waals surface area (Å²) < 4.78 is 15.8. The summed E-state index contributed by atoms with van der Waals surface area (Å²) in [6.07, 6.45) is 0. The number of hydrogen-bond acceptors (Lipinski definition) is 6. The van der Waals surface area contributed by atoms with Gasteiger partial charge in [0.15, 0.2) is 0 Å². The van der Waals surface area contributed by atoms with Gasteiger partial charge in [-0.1, -0.05) is 48.2 Å². The van der Waals surface area contributed by atoms with Crippen LogP contribution in [-0.2, 0) is 4.79 Å². The Labute approximate surface area is 170 Å². The van der Waals surface area contributed by atoms with E-state index in [1.54, 1.807) is 39.5 Å². The largest absolute Gasteiger partial charge is 0.325 e. The molecule has 4 rings (SSSR count). The summed E-state index contributed by atoms with van der Waals surface area (Å²) in [6.45, 7) is 2.59. The third-order valence-electron chi connectivity index (χ3n) is 4.49.